The second kappa shape index (κ2) is 6.40. The van der Waals surface area contributed by atoms with Crippen molar-refractivity contribution in [2.24, 2.45) is 0 Å². The molecule has 2 aromatic rings. The van der Waals surface area contributed by atoms with Gasteiger partial charge in [-0.3, -0.25) is 9.48 Å². The maximum atomic E-state index is 12.7. The summed E-state index contributed by atoms with van der Waals surface area (Å²) in [5, 5.41) is 11.2. The highest BCUT2D eigenvalue weighted by molar-refractivity contribution is 5.92. The molecule has 5 nitrogen and oxygen atoms in total. The summed E-state index contributed by atoms with van der Waals surface area (Å²) in [5.74, 6) is -0.0685. The Labute approximate surface area is 142 Å². The molecule has 0 radical (unpaired) electrons. The highest BCUT2D eigenvalue weighted by Gasteiger charge is 2.40. The van der Waals surface area contributed by atoms with Crippen LogP contribution < -0.4 is 10.6 Å². The van der Waals surface area contributed by atoms with Gasteiger partial charge < -0.3 is 10.6 Å². The highest BCUT2D eigenvalue weighted by Crippen LogP contribution is 2.41. The number of amides is 1. The van der Waals surface area contributed by atoms with Crippen LogP contribution in [0.5, 0.6) is 0 Å². The number of piperidine rings is 1. The van der Waals surface area contributed by atoms with Crippen molar-refractivity contribution in [3.05, 3.63) is 53.9 Å². The van der Waals surface area contributed by atoms with Gasteiger partial charge in [-0.1, -0.05) is 30.3 Å². The van der Waals surface area contributed by atoms with Crippen molar-refractivity contribution in [2.75, 3.05) is 13.1 Å². The third-order valence-electron chi connectivity index (χ3n) is 5.37. The Kier molecular flexibility index (Phi) is 4.10. The second-order valence-electron chi connectivity index (χ2n) is 6.94. The van der Waals surface area contributed by atoms with Crippen molar-refractivity contribution in [1.29, 1.82) is 0 Å². The van der Waals surface area contributed by atoms with Gasteiger partial charge in [-0.25, -0.2) is 0 Å². The van der Waals surface area contributed by atoms with E-state index < -0.39 is 0 Å². The number of nitrogens with zero attached hydrogens (tertiary/aromatic N) is 2. The van der Waals surface area contributed by atoms with Crippen molar-refractivity contribution in [3.63, 3.8) is 0 Å². The number of nitrogens with one attached hydrogen (secondary N) is 2. The second-order valence-corrected chi connectivity index (χ2v) is 6.94. The molecule has 1 amide bonds. The number of benzene rings is 1. The van der Waals surface area contributed by atoms with E-state index in [-0.39, 0.29) is 11.4 Å². The predicted octanol–water partition coefficient (Wildman–Crippen LogP) is 2.62. The Morgan fingerprint density at radius 3 is 2.71 bits per heavy atom. The van der Waals surface area contributed by atoms with Gasteiger partial charge in [0.05, 0.1) is 11.6 Å². The smallest absolute Gasteiger partial charge is 0.272 e. The number of carbonyl (C=O) groups excluding carboxylic acids is 1. The summed E-state index contributed by atoms with van der Waals surface area (Å²) in [7, 11) is 0. The van der Waals surface area contributed by atoms with Crippen LogP contribution >= 0.6 is 0 Å². The fourth-order valence-electron chi connectivity index (χ4n) is 3.78. The summed E-state index contributed by atoms with van der Waals surface area (Å²) in [6, 6.07) is 12.5. The normalized spacial score (nSPS) is 22.6. The zero-order chi connectivity index (χ0) is 16.4. The summed E-state index contributed by atoms with van der Waals surface area (Å²) in [6.07, 6.45) is 7.35. The summed E-state index contributed by atoms with van der Waals surface area (Å²) < 4.78 is 1.94. The molecule has 0 bridgehead atoms. The van der Waals surface area contributed by atoms with E-state index in [4.69, 9.17) is 0 Å². The first-order valence-corrected chi connectivity index (χ1v) is 8.91. The third-order valence-corrected chi connectivity index (χ3v) is 5.37. The van der Waals surface area contributed by atoms with E-state index >= 15 is 0 Å². The Morgan fingerprint density at radius 1 is 1.21 bits per heavy atom. The van der Waals surface area contributed by atoms with E-state index in [1.54, 1.807) is 0 Å². The largest absolute Gasteiger partial charge is 0.341 e. The fraction of sp³-hybridized carbons (Fsp3) is 0.474. The van der Waals surface area contributed by atoms with Crippen LogP contribution in [-0.4, -0.2) is 28.8 Å². The minimum Gasteiger partial charge on any atom is -0.341 e. The van der Waals surface area contributed by atoms with E-state index in [2.05, 4.69) is 27.9 Å². The molecule has 2 heterocycles. The number of rotatable bonds is 4. The minimum atomic E-state index is -0.214. The molecule has 2 N–H and O–H groups in total. The molecular weight excluding hydrogens is 300 g/mol. The van der Waals surface area contributed by atoms with Gasteiger partial charge in [0.1, 0.15) is 5.69 Å². The van der Waals surface area contributed by atoms with Gasteiger partial charge in [-0.05, 0) is 50.3 Å². The van der Waals surface area contributed by atoms with Crippen LogP contribution in [0.4, 0.5) is 0 Å². The number of carbonyl (C=O) groups is 1. The van der Waals surface area contributed by atoms with E-state index in [9.17, 15) is 4.79 Å². The van der Waals surface area contributed by atoms with Gasteiger partial charge in [0.25, 0.3) is 5.91 Å². The molecule has 1 unspecified atom stereocenters. The monoisotopic (exact) mass is 324 g/mol. The van der Waals surface area contributed by atoms with E-state index in [0.717, 1.165) is 45.2 Å². The van der Waals surface area contributed by atoms with Gasteiger partial charge in [0.2, 0.25) is 0 Å². The van der Waals surface area contributed by atoms with Crippen molar-refractivity contribution in [3.8, 4) is 0 Å². The summed E-state index contributed by atoms with van der Waals surface area (Å²) >= 11 is 0. The molecule has 0 spiro atoms. The van der Waals surface area contributed by atoms with Gasteiger partial charge in [-0.2, -0.15) is 5.10 Å². The summed E-state index contributed by atoms with van der Waals surface area (Å²) in [4.78, 5) is 12.7. The fourth-order valence-corrected chi connectivity index (χ4v) is 3.78. The quantitative estimate of drug-likeness (QED) is 0.909. The van der Waals surface area contributed by atoms with Gasteiger partial charge in [-0.15, -0.1) is 0 Å². The molecule has 24 heavy (non-hydrogen) atoms. The predicted molar refractivity (Wildman–Crippen MR) is 92.8 cm³/mol. The standard InChI is InChI=1S/C19H24N4O/c24-18(17-9-13-23(22-17)16-8-4-12-20-14-16)21-19(10-5-11-19)15-6-2-1-3-7-15/h1-3,6-7,9,13,16,20H,4-5,8,10-12,14H2,(H,21,24). The molecule has 126 valence electrons. The molecule has 1 aliphatic carbocycles. The Bertz CT molecular complexity index is 699. The first-order valence-electron chi connectivity index (χ1n) is 8.91. The molecule has 1 aromatic carbocycles. The maximum absolute atomic E-state index is 12.7. The van der Waals surface area contributed by atoms with Crippen LogP contribution in [0, 0.1) is 0 Å². The number of aromatic nitrogens is 2. The maximum Gasteiger partial charge on any atom is 0.272 e. The van der Waals surface area contributed by atoms with Crippen molar-refractivity contribution in [1.82, 2.24) is 20.4 Å². The molecule has 1 aromatic heterocycles. The van der Waals surface area contributed by atoms with E-state index in [1.165, 1.54) is 5.56 Å². The van der Waals surface area contributed by atoms with Crippen LogP contribution in [0.25, 0.3) is 0 Å². The van der Waals surface area contributed by atoms with Crippen LogP contribution in [0.3, 0.4) is 0 Å². The molecule has 4 rings (SSSR count). The van der Waals surface area contributed by atoms with Crippen molar-refractivity contribution < 1.29 is 4.79 Å². The molecule has 5 heteroatoms. The van der Waals surface area contributed by atoms with Crippen LogP contribution in [0.2, 0.25) is 0 Å². The van der Waals surface area contributed by atoms with Gasteiger partial charge in [0.15, 0.2) is 0 Å². The summed E-state index contributed by atoms with van der Waals surface area (Å²) in [5.41, 5.74) is 1.50. The lowest BCUT2D eigenvalue weighted by atomic mass is 9.71. The van der Waals surface area contributed by atoms with E-state index in [0.29, 0.717) is 11.7 Å². The van der Waals surface area contributed by atoms with Crippen molar-refractivity contribution >= 4 is 5.91 Å². The molecule has 1 atom stereocenters. The zero-order valence-electron chi connectivity index (χ0n) is 13.9. The molecule has 2 aliphatic rings. The first kappa shape index (κ1) is 15.4. The van der Waals surface area contributed by atoms with Gasteiger partial charge in [0, 0.05) is 12.7 Å². The topological polar surface area (TPSA) is 59.0 Å². The third kappa shape index (κ3) is 2.84. The van der Waals surface area contributed by atoms with Crippen LogP contribution in [0.1, 0.15) is 54.2 Å². The van der Waals surface area contributed by atoms with Crippen LogP contribution in [0.15, 0.2) is 42.6 Å². The minimum absolute atomic E-state index is 0.0685. The zero-order valence-corrected chi connectivity index (χ0v) is 13.9. The molecule has 1 saturated carbocycles. The van der Waals surface area contributed by atoms with Crippen LogP contribution in [-0.2, 0) is 5.54 Å². The molecule has 2 fully saturated rings. The lowest BCUT2D eigenvalue weighted by molar-refractivity contribution is 0.0816. The van der Waals surface area contributed by atoms with Crippen molar-refractivity contribution in [2.45, 2.75) is 43.7 Å². The molecule has 1 aliphatic heterocycles. The average molecular weight is 324 g/mol. The number of hydrogen-bond donors (Lipinski definition) is 2. The summed E-state index contributed by atoms with van der Waals surface area (Å²) in [6.45, 7) is 2.00. The Balaban J connectivity index is 1.49. The highest BCUT2D eigenvalue weighted by atomic mass is 16.2. The number of hydrogen-bond acceptors (Lipinski definition) is 3. The van der Waals surface area contributed by atoms with Gasteiger partial charge >= 0.3 is 0 Å². The Morgan fingerprint density at radius 2 is 2.04 bits per heavy atom. The lowest BCUT2D eigenvalue weighted by Crippen LogP contribution is -2.50. The SMILES string of the molecule is O=C(NC1(c2ccccc2)CCC1)c1ccn(C2CCCNC2)n1. The first-order chi connectivity index (χ1) is 11.8. The average Bonchev–Trinajstić information content (AvgIpc) is 3.10. The Hall–Kier alpha value is -2.14. The molecular formula is C19H24N4O. The molecule has 1 saturated heterocycles. The lowest BCUT2D eigenvalue weighted by Gasteiger charge is -2.43. The van der Waals surface area contributed by atoms with E-state index in [1.807, 2.05) is 35.1 Å².